The standard InChI is InChI=1S/C28H35N3O4S2/c1-24-9-13-27(14-10-24)36(32,33)30-17-6-18-31(37(34,35)28-15-11-25(2)12-16-28)22-20-29(19-21-30)23-26-7-4-3-5-8-26/h3-5,7-16H,6,17-23H2,1-2H3. The Morgan fingerprint density at radius 2 is 1.00 bits per heavy atom. The topological polar surface area (TPSA) is 78.0 Å². The molecule has 0 unspecified atom stereocenters. The summed E-state index contributed by atoms with van der Waals surface area (Å²) in [6.45, 7) is 6.62. The van der Waals surface area contributed by atoms with Gasteiger partial charge in [0, 0.05) is 45.8 Å². The van der Waals surface area contributed by atoms with Gasteiger partial charge in [0.1, 0.15) is 0 Å². The lowest BCUT2D eigenvalue weighted by Crippen LogP contribution is -2.45. The van der Waals surface area contributed by atoms with Crippen molar-refractivity contribution >= 4 is 20.0 Å². The van der Waals surface area contributed by atoms with Gasteiger partial charge in [0.25, 0.3) is 0 Å². The molecule has 0 radical (unpaired) electrons. The van der Waals surface area contributed by atoms with E-state index < -0.39 is 20.0 Å². The number of sulfonamides is 2. The van der Waals surface area contributed by atoms with Gasteiger partial charge in [-0.1, -0.05) is 65.7 Å². The fourth-order valence-corrected chi connectivity index (χ4v) is 7.40. The molecular weight excluding hydrogens is 506 g/mol. The summed E-state index contributed by atoms with van der Waals surface area (Å²) in [5.74, 6) is 0. The molecular formula is C28H35N3O4S2. The van der Waals surface area contributed by atoms with E-state index in [1.807, 2.05) is 44.2 Å². The van der Waals surface area contributed by atoms with Crippen molar-refractivity contribution in [2.24, 2.45) is 0 Å². The van der Waals surface area contributed by atoms with E-state index in [0.29, 0.717) is 39.1 Å². The number of rotatable bonds is 6. The quantitative estimate of drug-likeness (QED) is 0.473. The van der Waals surface area contributed by atoms with Gasteiger partial charge >= 0.3 is 0 Å². The van der Waals surface area contributed by atoms with E-state index >= 15 is 0 Å². The third-order valence-electron chi connectivity index (χ3n) is 6.71. The van der Waals surface area contributed by atoms with Crippen LogP contribution in [0.5, 0.6) is 0 Å². The normalized spacial score (nSPS) is 17.5. The Hall–Kier alpha value is -2.56. The van der Waals surface area contributed by atoms with Gasteiger partial charge in [-0.3, -0.25) is 4.90 Å². The van der Waals surface area contributed by atoms with Crippen LogP contribution in [0.3, 0.4) is 0 Å². The molecule has 1 saturated heterocycles. The van der Waals surface area contributed by atoms with Crippen molar-refractivity contribution in [3.63, 3.8) is 0 Å². The van der Waals surface area contributed by atoms with Gasteiger partial charge in [-0.15, -0.1) is 0 Å². The highest BCUT2D eigenvalue weighted by molar-refractivity contribution is 7.89. The predicted molar refractivity (Wildman–Crippen MR) is 146 cm³/mol. The van der Waals surface area contributed by atoms with Gasteiger partial charge in [0.15, 0.2) is 0 Å². The smallest absolute Gasteiger partial charge is 0.243 e. The molecule has 0 amide bonds. The largest absolute Gasteiger partial charge is 0.296 e. The van der Waals surface area contributed by atoms with Crippen LogP contribution in [-0.4, -0.2) is 69.6 Å². The molecule has 0 bridgehead atoms. The lowest BCUT2D eigenvalue weighted by atomic mass is 10.2. The highest BCUT2D eigenvalue weighted by Gasteiger charge is 2.29. The molecule has 1 aliphatic rings. The summed E-state index contributed by atoms with van der Waals surface area (Å²) in [5, 5.41) is 0. The Balaban J connectivity index is 1.61. The second kappa shape index (κ2) is 11.9. The second-order valence-electron chi connectivity index (χ2n) is 9.55. The van der Waals surface area contributed by atoms with Gasteiger partial charge in [0.05, 0.1) is 9.79 Å². The lowest BCUT2D eigenvalue weighted by Gasteiger charge is -2.32. The molecule has 7 nitrogen and oxygen atoms in total. The fraction of sp³-hybridized carbons (Fsp3) is 0.357. The summed E-state index contributed by atoms with van der Waals surface area (Å²) in [6, 6.07) is 23.7. The first-order chi connectivity index (χ1) is 17.7. The van der Waals surface area contributed by atoms with Crippen LogP contribution in [0.1, 0.15) is 23.1 Å². The van der Waals surface area contributed by atoms with Gasteiger partial charge < -0.3 is 0 Å². The average Bonchev–Trinajstić information content (AvgIpc) is 2.88. The van der Waals surface area contributed by atoms with Crippen LogP contribution in [0.4, 0.5) is 0 Å². The van der Waals surface area contributed by atoms with Crippen molar-refractivity contribution in [1.82, 2.24) is 13.5 Å². The van der Waals surface area contributed by atoms with Crippen LogP contribution in [0.15, 0.2) is 88.7 Å². The first-order valence-corrected chi connectivity index (χ1v) is 15.4. The molecule has 9 heteroatoms. The van der Waals surface area contributed by atoms with Crippen molar-refractivity contribution in [1.29, 1.82) is 0 Å². The van der Waals surface area contributed by atoms with Gasteiger partial charge in [0.2, 0.25) is 20.0 Å². The Morgan fingerprint density at radius 3 is 1.43 bits per heavy atom. The summed E-state index contributed by atoms with van der Waals surface area (Å²) in [6.07, 6.45) is 0.412. The number of nitrogens with zero attached hydrogens (tertiary/aromatic N) is 3. The van der Waals surface area contributed by atoms with Crippen molar-refractivity contribution in [2.45, 2.75) is 36.6 Å². The minimum atomic E-state index is -3.71. The summed E-state index contributed by atoms with van der Waals surface area (Å²) in [5.41, 5.74) is 3.08. The molecule has 198 valence electrons. The van der Waals surface area contributed by atoms with Crippen LogP contribution in [0.25, 0.3) is 0 Å². The molecule has 0 spiro atoms. The maximum absolute atomic E-state index is 13.5. The van der Waals surface area contributed by atoms with Gasteiger partial charge in [-0.2, -0.15) is 8.61 Å². The first kappa shape index (κ1) is 27.5. The molecule has 3 aromatic carbocycles. The fourth-order valence-electron chi connectivity index (χ4n) is 4.46. The highest BCUT2D eigenvalue weighted by Crippen LogP contribution is 2.21. The first-order valence-electron chi connectivity index (χ1n) is 12.6. The summed E-state index contributed by atoms with van der Waals surface area (Å²) < 4.78 is 57.1. The van der Waals surface area contributed by atoms with Crippen molar-refractivity contribution in [3.05, 3.63) is 95.6 Å². The van der Waals surface area contributed by atoms with Crippen molar-refractivity contribution in [2.75, 3.05) is 39.3 Å². The number of hydrogen-bond acceptors (Lipinski definition) is 5. The van der Waals surface area contributed by atoms with Crippen molar-refractivity contribution in [3.8, 4) is 0 Å². The van der Waals surface area contributed by atoms with E-state index in [4.69, 9.17) is 0 Å². The number of benzene rings is 3. The van der Waals surface area contributed by atoms with Crippen LogP contribution in [0.2, 0.25) is 0 Å². The zero-order valence-corrected chi connectivity index (χ0v) is 23.1. The minimum absolute atomic E-state index is 0.245. The Kier molecular flexibility index (Phi) is 8.82. The van der Waals surface area contributed by atoms with Gasteiger partial charge in [-0.05, 0) is 50.1 Å². The molecule has 1 aliphatic heterocycles. The molecule has 4 rings (SSSR count). The Bertz CT molecular complexity index is 1290. The third kappa shape index (κ3) is 6.86. The highest BCUT2D eigenvalue weighted by atomic mass is 32.2. The maximum atomic E-state index is 13.5. The summed E-state index contributed by atoms with van der Waals surface area (Å²) in [7, 11) is -7.43. The monoisotopic (exact) mass is 541 g/mol. The van der Waals surface area contributed by atoms with E-state index in [9.17, 15) is 16.8 Å². The van der Waals surface area contributed by atoms with Crippen molar-refractivity contribution < 1.29 is 16.8 Å². The second-order valence-corrected chi connectivity index (χ2v) is 13.4. The Morgan fingerprint density at radius 1 is 0.568 bits per heavy atom. The SMILES string of the molecule is Cc1ccc(S(=O)(=O)N2CCCN(S(=O)(=O)c3ccc(C)cc3)CCN(Cc3ccccc3)CC2)cc1. The molecule has 3 aromatic rings. The molecule has 0 saturated carbocycles. The van der Waals surface area contributed by atoms with E-state index in [1.165, 1.54) is 8.61 Å². The third-order valence-corrected chi connectivity index (χ3v) is 10.5. The van der Waals surface area contributed by atoms with E-state index in [-0.39, 0.29) is 22.9 Å². The van der Waals surface area contributed by atoms with Crippen LogP contribution >= 0.6 is 0 Å². The number of hydrogen-bond donors (Lipinski definition) is 0. The summed E-state index contributed by atoms with van der Waals surface area (Å²) in [4.78, 5) is 2.65. The lowest BCUT2D eigenvalue weighted by molar-refractivity contribution is 0.209. The molecule has 0 N–H and O–H groups in total. The molecule has 0 atom stereocenters. The molecule has 0 aromatic heterocycles. The molecule has 1 heterocycles. The van der Waals surface area contributed by atoms with E-state index in [0.717, 1.165) is 16.7 Å². The zero-order chi connectivity index (χ0) is 26.5. The van der Waals surface area contributed by atoms with E-state index in [2.05, 4.69) is 4.90 Å². The zero-order valence-electron chi connectivity index (χ0n) is 21.5. The molecule has 0 aliphatic carbocycles. The molecule has 37 heavy (non-hydrogen) atoms. The predicted octanol–water partition coefficient (Wildman–Crippen LogP) is 3.89. The van der Waals surface area contributed by atoms with Crippen LogP contribution in [-0.2, 0) is 26.6 Å². The van der Waals surface area contributed by atoms with Crippen LogP contribution in [0, 0.1) is 13.8 Å². The maximum Gasteiger partial charge on any atom is 0.243 e. The van der Waals surface area contributed by atoms with Crippen LogP contribution < -0.4 is 0 Å². The average molecular weight is 542 g/mol. The molecule has 1 fully saturated rings. The van der Waals surface area contributed by atoms with E-state index in [1.54, 1.807) is 48.5 Å². The van der Waals surface area contributed by atoms with Gasteiger partial charge in [-0.25, -0.2) is 16.8 Å². The summed E-state index contributed by atoms with van der Waals surface area (Å²) >= 11 is 0. The minimum Gasteiger partial charge on any atom is -0.296 e. The number of aryl methyl sites for hydroxylation is 2. The Labute approximate surface area is 221 Å².